The first-order valence-electron chi connectivity index (χ1n) is 40.8. The number of likely N-dealkylation sites (N-methyl/N-ethyl adjacent to an activating group) is 2. The van der Waals surface area contributed by atoms with Crippen molar-refractivity contribution in [3.8, 4) is 11.3 Å². The molecule has 3 aromatic heterocycles. The van der Waals surface area contributed by atoms with Gasteiger partial charge in [-0.15, -0.1) is 0 Å². The number of fused-ring (bicyclic) bond motifs is 1. The third-order valence-corrected chi connectivity index (χ3v) is 24.4. The lowest BCUT2D eigenvalue weighted by Gasteiger charge is -2.47. The van der Waals surface area contributed by atoms with Crippen molar-refractivity contribution >= 4 is 53.2 Å². The van der Waals surface area contributed by atoms with Crippen molar-refractivity contribution in [2.45, 2.75) is 277 Å². The van der Waals surface area contributed by atoms with Crippen LogP contribution in [-0.4, -0.2) is 248 Å². The quantitative estimate of drug-likeness (QED) is 0.0266. The van der Waals surface area contributed by atoms with Gasteiger partial charge in [-0.3, -0.25) is 33.8 Å². The minimum Gasteiger partial charge on any atom is -0.457 e. The molecule has 24 atom stereocenters. The van der Waals surface area contributed by atoms with Crippen molar-refractivity contribution in [1.82, 2.24) is 38.8 Å². The van der Waals surface area contributed by atoms with Crippen LogP contribution < -0.4 is 0 Å². The molecule has 0 bridgehead atoms. The molecule has 4 saturated heterocycles. The number of pyridine rings is 1. The number of aryl methyl sites for hydroxylation is 2. The molecule has 116 heavy (non-hydrogen) atoms. The second-order valence-electron chi connectivity index (χ2n) is 33.2. The van der Waals surface area contributed by atoms with Crippen LogP contribution in [0.3, 0.4) is 0 Å². The molecular formula is C87H126N8O21. The van der Waals surface area contributed by atoms with Gasteiger partial charge in [-0.1, -0.05) is 80.2 Å². The third-order valence-electron chi connectivity index (χ3n) is 24.4. The predicted octanol–water partition coefficient (Wildman–Crippen LogP) is 11.2. The molecule has 1 N–H and O–H groups in total. The van der Waals surface area contributed by atoms with Crippen LogP contribution in [-0.2, 0) is 87.4 Å². The molecule has 4 aromatic rings. The SMILES string of the molecule is C=C[C@]1(OC(=O)n2ccnc2)/C=C(\C)C(=O)[C@H](C)C[C@](C)(OC)[C@H](OC2O[C@H](C)C[C@H](N(C)C)[C@H]2OC(=O)c2ccccc2)[C@@H](C)C(=O)[C@@H](C)C(=O)O[C@@H]1CC.CC[C@H]1OC(=O)[C@H](C)C(=O)[C@H](C)[C@@H](OC2O[C@H](C)C[C@H](N(C)C)[C@H]2O)[C@@](C)(OC)C[C@@H](C)C(=O)[C@H](C)[C@H]2N(CCCCn3cnc(-c4ccc(C)nc4)c3)C(=O)O[C@]12CC. The van der Waals surface area contributed by atoms with Crippen molar-refractivity contribution in [2.75, 3.05) is 49.0 Å². The number of ether oxygens (including phenoxy) is 11. The van der Waals surface area contributed by atoms with Gasteiger partial charge in [0.15, 0.2) is 47.2 Å². The predicted molar refractivity (Wildman–Crippen MR) is 429 cm³/mol. The fraction of sp³-hybridized carbons (Fsp3) is 0.655. The molecule has 29 heteroatoms. The minimum atomic E-state index is -1.80. The summed E-state index contributed by atoms with van der Waals surface area (Å²) in [6, 6.07) is 11.1. The highest BCUT2D eigenvalue weighted by atomic mass is 16.7. The molecule has 5 aliphatic rings. The highest BCUT2D eigenvalue weighted by Gasteiger charge is 2.62. The molecule has 640 valence electrons. The molecule has 1 aromatic carbocycles. The van der Waals surface area contributed by atoms with E-state index in [1.807, 2.05) is 109 Å². The highest BCUT2D eigenvalue weighted by Crippen LogP contribution is 2.46. The maximum atomic E-state index is 14.8. The average molecular weight is 1620 g/mol. The summed E-state index contributed by atoms with van der Waals surface area (Å²) in [5.41, 5.74) is -2.55. The molecule has 8 heterocycles. The normalized spacial score (nSPS) is 35.2. The van der Waals surface area contributed by atoms with Gasteiger partial charge in [0.05, 0.1) is 65.3 Å². The number of Topliss-reactive ketones (excluding diaryl/α,β-unsaturated/α-hetero) is 4. The molecule has 4 fully saturated rings. The Kier molecular flexibility index (Phi) is 32.1. The summed E-state index contributed by atoms with van der Waals surface area (Å²) in [5.74, 6) is -10.3. The van der Waals surface area contributed by atoms with E-state index >= 15 is 0 Å². The summed E-state index contributed by atoms with van der Waals surface area (Å²) in [4.78, 5) is 145. The van der Waals surface area contributed by atoms with E-state index < -0.39 is 161 Å². The molecule has 0 spiro atoms. The molecule has 5 aliphatic heterocycles. The van der Waals surface area contributed by atoms with Crippen LogP contribution in [0.2, 0.25) is 0 Å². The summed E-state index contributed by atoms with van der Waals surface area (Å²) in [7, 11) is 10.5. The fourth-order valence-corrected chi connectivity index (χ4v) is 17.5. The van der Waals surface area contributed by atoms with Crippen LogP contribution in [0.5, 0.6) is 0 Å². The maximum Gasteiger partial charge on any atom is 0.420 e. The number of unbranched alkanes of at least 4 members (excludes halogenated alkanes) is 1. The highest BCUT2D eigenvalue weighted by molar-refractivity contribution is 6.01. The Balaban J connectivity index is 0.000000291. The summed E-state index contributed by atoms with van der Waals surface area (Å²) in [6.45, 7) is 32.7. The zero-order valence-electron chi connectivity index (χ0n) is 71.9. The van der Waals surface area contributed by atoms with E-state index in [1.165, 1.54) is 58.9 Å². The van der Waals surface area contributed by atoms with Gasteiger partial charge in [-0.2, -0.15) is 0 Å². The lowest BCUT2D eigenvalue weighted by Crippen LogP contribution is -2.61. The lowest BCUT2D eigenvalue weighted by molar-refractivity contribution is -0.295. The van der Waals surface area contributed by atoms with E-state index in [0.29, 0.717) is 44.3 Å². The number of rotatable bonds is 21. The van der Waals surface area contributed by atoms with E-state index in [-0.39, 0.29) is 73.5 Å². The number of imidazole rings is 2. The van der Waals surface area contributed by atoms with Gasteiger partial charge in [-0.05, 0) is 183 Å². The van der Waals surface area contributed by atoms with Gasteiger partial charge >= 0.3 is 30.1 Å². The van der Waals surface area contributed by atoms with Crippen molar-refractivity contribution < 1.29 is 100 Å². The molecule has 9 rings (SSSR count). The summed E-state index contributed by atoms with van der Waals surface area (Å²) in [6.07, 6.45) is 4.97. The fourth-order valence-electron chi connectivity index (χ4n) is 17.5. The number of aliphatic hydroxyl groups is 1. The average Bonchev–Trinajstić information content (AvgIpc) is 1.56. The molecule has 1 amide bonds. The molecule has 0 saturated carbocycles. The van der Waals surface area contributed by atoms with Crippen molar-refractivity contribution in [2.24, 2.45) is 41.4 Å². The molecule has 2 unspecified atom stereocenters. The van der Waals surface area contributed by atoms with Crippen molar-refractivity contribution in [3.63, 3.8) is 0 Å². The number of methoxy groups -OCH3 is 2. The first-order valence-corrected chi connectivity index (χ1v) is 40.8. The Morgan fingerprint density at radius 1 is 0.690 bits per heavy atom. The van der Waals surface area contributed by atoms with Gasteiger partial charge in [0.1, 0.15) is 42.3 Å². The van der Waals surface area contributed by atoms with Crippen LogP contribution in [0.15, 0.2) is 104 Å². The standard InChI is InChI=1S/C45H69N5O10.C42H57N3O11/c1-13-35-45(14-2)39(50(43(55)60-45)20-16-15-19-49-24-33(47-25-49)32-18-17-27(4)46-23-32)29(6)36(51)26(3)22-44(9,56-12)40(30(7)37(52)31(8)41(54)58-35)59-42-38(53)34(48(10)11)21-28(5)57-42;1-12-32-42(13-2,56-40(50)45-20-19-43-24-45)23-26(4)33(46)25(3)22-41(8,51-11)36(28(6)34(47)29(7)37(48)53-32)55-39-35(31(44(9)10)21-27(5)52-39)54-38(49)30-17-15-14-16-18-30/h17-18,23-26,28-31,34-35,38-40,42,53H,13-16,19-22H2,1-12H3;13-20,23-25,27-29,31-32,35-36,39H,2,12,21-22H2,1,3-11H3/b;26-23+/t26-,28-,29+,30+,31-,34+,35-,38-,39-,40-,42?,44+,45-;25-,27-,28+,29-,31+,32-,35-,36-,39?,41+,42+/m11/s1. The second kappa shape index (κ2) is 40.0. The number of cyclic esters (lactones) is 2. The summed E-state index contributed by atoms with van der Waals surface area (Å²) < 4.78 is 72.1. The van der Waals surface area contributed by atoms with E-state index in [4.69, 9.17) is 52.1 Å². The molecule has 0 aliphatic carbocycles. The van der Waals surface area contributed by atoms with Crippen LogP contribution >= 0.6 is 0 Å². The largest absolute Gasteiger partial charge is 0.457 e. The van der Waals surface area contributed by atoms with E-state index in [2.05, 4.69) is 21.5 Å². The number of carbonyl (C=O) groups excluding carboxylic acids is 9. The van der Waals surface area contributed by atoms with Gasteiger partial charge in [0.2, 0.25) is 0 Å². The van der Waals surface area contributed by atoms with Crippen molar-refractivity contribution in [3.05, 3.63) is 115 Å². The Morgan fingerprint density at radius 3 is 1.78 bits per heavy atom. The first kappa shape index (κ1) is 93.2. The molecule has 29 nitrogen and oxygen atoms in total. The first-order chi connectivity index (χ1) is 54.7. The number of nitrogens with zero attached hydrogens (tertiary/aromatic N) is 8. The molecular weight excluding hydrogens is 1490 g/mol. The Labute approximate surface area is 683 Å². The molecule has 0 radical (unpaired) electrons. The zero-order valence-corrected chi connectivity index (χ0v) is 71.9. The van der Waals surface area contributed by atoms with Gasteiger partial charge in [-0.25, -0.2) is 28.9 Å². The number of aliphatic hydroxyl groups excluding tert-OH is 1. The number of allylic oxidation sites excluding steroid dienone is 1. The Bertz CT molecular complexity index is 4060. The monoisotopic (exact) mass is 1620 g/mol. The second-order valence-corrected chi connectivity index (χ2v) is 33.2. The number of aromatic nitrogens is 5. The number of benzene rings is 1. The Morgan fingerprint density at radius 2 is 1.25 bits per heavy atom. The Hall–Kier alpha value is -8.26. The zero-order chi connectivity index (χ0) is 85.8. The van der Waals surface area contributed by atoms with Crippen LogP contribution in [0, 0.1) is 48.3 Å². The number of hydrogen-bond acceptors (Lipinski definition) is 26. The van der Waals surface area contributed by atoms with Crippen LogP contribution in [0.1, 0.15) is 178 Å². The number of amides is 1. The number of carbonyl (C=O) groups is 9. The number of esters is 3. The topological polar surface area (TPSA) is 334 Å². The summed E-state index contributed by atoms with van der Waals surface area (Å²) in [5, 5.41) is 11.5. The minimum absolute atomic E-state index is 0.0512. The van der Waals surface area contributed by atoms with E-state index in [0.717, 1.165) is 21.5 Å². The van der Waals surface area contributed by atoms with Gasteiger partial charge in [0.25, 0.3) is 0 Å². The number of ketones is 4. The lowest BCUT2D eigenvalue weighted by atomic mass is 9.72. The van der Waals surface area contributed by atoms with Crippen molar-refractivity contribution in [1.29, 1.82) is 0 Å². The van der Waals surface area contributed by atoms with Crippen LogP contribution in [0.4, 0.5) is 9.59 Å². The maximum absolute atomic E-state index is 14.8. The van der Waals surface area contributed by atoms with Gasteiger partial charge in [0, 0.05) is 99.0 Å². The summed E-state index contributed by atoms with van der Waals surface area (Å²) >= 11 is 0. The smallest absolute Gasteiger partial charge is 0.420 e. The van der Waals surface area contributed by atoms with Gasteiger partial charge < -0.3 is 76.5 Å². The number of hydrogen-bond donors (Lipinski definition) is 1. The van der Waals surface area contributed by atoms with E-state index in [1.54, 1.807) is 96.2 Å². The van der Waals surface area contributed by atoms with E-state index in [9.17, 15) is 48.3 Å². The third kappa shape index (κ3) is 20.9. The van der Waals surface area contributed by atoms with Crippen LogP contribution in [0.25, 0.3) is 11.3 Å².